The fourth-order valence-electron chi connectivity index (χ4n) is 2.71. The summed E-state index contributed by atoms with van der Waals surface area (Å²) in [7, 11) is 0. The second-order valence-corrected chi connectivity index (χ2v) is 5.99. The van der Waals surface area contributed by atoms with E-state index in [1.165, 1.54) is 16.7 Å². The summed E-state index contributed by atoms with van der Waals surface area (Å²) in [6.07, 6.45) is 0.847. The second-order valence-electron chi connectivity index (χ2n) is 5.99. The van der Waals surface area contributed by atoms with E-state index in [2.05, 4.69) is 44.3 Å². The maximum Gasteiger partial charge on any atom is 0.258 e. The van der Waals surface area contributed by atoms with Gasteiger partial charge in [0.15, 0.2) is 6.61 Å². The van der Waals surface area contributed by atoms with E-state index < -0.39 is 0 Å². The molecule has 2 aromatic carbocycles. The number of ether oxygens (including phenoxy) is 1. The molecule has 0 spiro atoms. The maximum atomic E-state index is 12.2. The van der Waals surface area contributed by atoms with E-state index in [0.717, 1.165) is 17.7 Å². The van der Waals surface area contributed by atoms with Gasteiger partial charge in [-0.3, -0.25) is 4.79 Å². The Labute approximate surface area is 138 Å². The molecule has 0 heterocycles. The highest BCUT2D eigenvalue weighted by Gasteiger charge is 2.15. The van der Waals surface area contributed by atoms with E-state index in [4.69, 9.17) is 4.74 Å². The number of benzene rings is 2. The average Bonchev–Trinajstić information content (AvgIpc) is 2.51. The van der Waals surface area contributed by atoms with Gasteiger partial charge in [-0.15, -0.1) is 0 Å². The summed E-state index contributed by atoms with van der Waals surface area (Å²) in [5, 5.41) is 3.06. The molecule has 1 amide bonds. The Kier molecular flexibility index (Phi) is 5.80. The Balaban J connectivity index is 1.97. The molecule has 0 saturated carbocycles. The lowest BCUT2D eigenvalue weighted by molar-refractivity contribution is -0.123. The normalized spacial score (nSPS) is 11.8. The molecule has 1 atom stereocenters. The zero-order valence-electron chi connectivity index (χ0n) is 14.3. The van der Waals surface area contributed by atoms with Gasteiger partial charge in [-0.1, -0.05) is 42.8 Å². The van der Waals surface area contributed by atoms with Crippen molar-refractivity contribution in [2.75, 3.05) is 6.61 Å². The lowest BCUT2D eigenvalue weighted by Gasteiger charge is -2.20. The molecule has 0 fully saturated rings. The lowest BCUT2D eigenvalue weighted by Crippen LogP contribution is -2.32. The molecular formula is C20H25NO2. The van der Waals surface area contributed by atoms with Gasteiger partial charge in [-0.05, 0) is 56.0 Å². The van der Waals surface area contributed by atoms with Crippen molar-refractivity contribution in [3.63, 3.8) is 0 Å². The molecule has 23 heavy (non-hydrogen) atoms. The second kappa shape index (κ2) is 7.82. The number of carbonyl (C=O) groups is 1. The van der Waals surface area contributed by atoms with E-state index in [1.54, 1.807) is 0 Å². The number of rotatable bonds is 6. The molecule has 2 aromatic rings. The van der Waals surface area contributed by atoms with Crippen LogP contribution in [0.25, 0.3) is 0 Å². The fraction of sp³-hybridized carbons (Fsp3) is 0.350. The number of hydrogen-bond acceptors (Lipinski definition) is 2. The third kappa shape index (κ3) is 4.85. The first-order valence-corrected chi connectivity index (χ1v) is 8.05. The molecule has 0 bridgehead atoms. The van der Waals surface area contributed by atoms with E-state index in [-0.39, 0.29) is 18.6 Å². The molecule has 0 saturated heterocycles. The molecule has 0 aliphatic rings. The third-order valence-corrected chi connectivity index (χ3v) is 3.90. The molecule has 1 N–H and O–H groups in total. The first kappa shape index (κ1) is 17.1. The zero-order valence-corrected chi connectivity index (χ0v) is 14.3. The minimum Gasteiger partial charge on any atom is -0.484 e. The summed E-state index contributed by atoms with van der Waals surface area (Å²) < 4.78 is 5.57. The predicted octanol–water partition coefficient (Wildman–Crippen LogP) is 4.26. The van der Waals surface area contributed by atoms with Crippen molar-refractivity contribution in [1.29, 1.82) is 0 Å². The van der Waals surface area contributed by atoms with Gasteiger partial charge in [0.05, 0.1) is 6.04 Å². The van der Waals surface area contributed by atoms with Crippen molar-refractivity contribution in [3.05, 3.63) is 64.7 Å². The van der Waals surface area contributed by atoms with Crippen LogP contribution in [0.5, 0.6) is 5.75 Å². The van der Waals surface area contributed by atoms with Crippen LogP contribution in [0, 0.1) is 20.8 Å². The number of nitrogens with one attached hydrogen (secondary N) is 1. The van der Waals surface area contributed by atoms with Gasteiger partial charge in [0.2, 0.25) is 0 Å². The van der Waals surface area contributed by atoms with Gasteiger partial charge in [0, 0.05) is 0 Å². The van der Waals surface area contributed by atoms with Crippen molar-refractivity contribution in [1.82, 2.24) is 5.32 Å². The molecule has 0 aliphatic heterocycles. The molecule has 0 aliphatic carbocycles. The van der Waals surface area contributed by atoms with Crippen molar-refractivity contribution in [2.45, 2.75) is 40.2 Å². The Morgan fingerprint density at radius 1 is 1.09 bits per heavy atom. The molecule has 3 nitrogen and oxygen atoms in total. The largest absolute Gasteiger partial charge is 0.484 e. The van der Waals surface area contributed by atoms with Gasteiger partial charge < -0.3 is 10.1 Å². The van der Waals surface area contributed by atoms with Gasteiger partial charge >= 0.3 is 0 Å². The van der Waals surface area contributed by atoms with Gasteiger partial charge in [-0.2, -0.15) is 0 Å². The summed E-state index contributed by atoms with van der Waals surface area (Å²) in [5.41, 5.74) is 4.72. The highest BCUT2D eigenvalue weighted by Crippen LogP contribution is 2.21. The third-order valence-electron chi connectivity index (χ3n) is 3.90. The van der Waals surface area contributed by atoms with Crippen LogP contribution in [-0.4, -0.2) is 12.5 Å². The fourth-order valence-corrected chi connectivity index (χ4v) is 2.71. The van der Waals surface area contributed by atoms with Gasteiger partial charge in [0.1, 0.15) is 5.75 Å². The van der Waals surface area contributed by atoms with Crippen LogP contribution < -0.4 is 10.1 Å². The maximum absolute atomic E-state index is 12.2. The van der Waals surface area contributed by atoms with Gasteiger partial charge in [-0.25, -0.2) is 0 Å². The summed E-state index contributed by atoms with van der Waals surface area (Å²) in [5.74, 6) is 0.623. The van der Waals surface area contributed by atoms with Crippen LogP contribution in [0.1, 0.15) is 41.6 Å². The van der Waals surface area contributed by atoms with Crippen LogP contribution in [0.15, 0.2) is 42.5 Å². The SMILES string of the molecule is CC[C@H](NC(=O)COc1cccc(C)c1)c1ccc(C)cc1C. The minimum absolute atomic E-state index is 0.0178. The van der Waals surface area contributed by atoms with Crippen LogP contribution in [0.3, 0.4) is 0 Å². The molecular weight excluding hydrogens is 286 g/mol. The molecule has 0 radical (unpaired) electrons. The van der Waals surface area contributed by atoms with E-state index in [0.29, 0.717) is 0 Å². The minimum atomic E-state index is -0.0988. The Bertz CT molecular complexity index is 679. The topological polar surface area (TPSA) is 38.3 Å². The van der Waals surface area contributed by atoms with Crippen molar-refractivity contribution in [2.24, 2.45) is 0 Å². The number of hydrogen-bond donors (Lipinski definition) is 1. The molecule has 122 valence electrons. The number of amides is 1. The van der Waals surface area contributed by atoms with Crippen molar-refractivity contribution >= 4 is 5.91 Å². The summed E-state index contributed by atoms with van der Waals surface area (Å²) in [6, 6.07) is 14.1. The highest BCUT2D eigenvalue weighted by atomic mass is 16.5. The highest BCUT2D eigenvalue weighted by molar-refractivity contribution is 5.78. The smallest absolute Gasteiger partial charge is 0.258 e. The summed E-state index contributed by atoms with van der Waals surface area (Å²) in [6.45, 7) is 8.27. The Hall–Kier alpha value is -2.29. The quantitative estimate of drug-likeness (QED) is 0.865. The van der Waals surface area contributed by atoms with E-state index in [1.807, 2.05) is 31.2 Å². The monoisotopic (exact) mass is 311 g/mol. The molecule has 0 unspecified atom stereocenters. The number of carbonyl (C=O) groups excluding carboxylic acids is 1. The lowest BCUT2D eigenvalue weighted by atomic mass is 9.97. The van der Waals surface area contributed by atoms with Crippen LogP contribution in [0.2, 0.25) is 0 Å². The molecule has 2 rings (SSSR count). The summed E-state index contributed by atoms with van der Waals surface area (Å²) >= 11 is 0. The first-order valence-electron chi connectivity index (χ1n) is 8.05. The zero-order chi connectivity index (χ0) is 16.8. The van der Waals surface area contributed by atoms with Crippen molar-refractivity contribution in [3.8, 4) is 5.75 Å². The molecule has 0 aromatic heterocycles. The van der Waals surface area contributed by atoms with Crippen LogP contribution in [-0.2, 0) is 4.79 Å². The number of aryl methyl sites for hydroxylation is 3. The van der Waals surface area contributed by atoms with E-state index >= 15 is 0 Å². The van der Waals surface area contributed by atoms with Crippen LogP contribution >= 0.6 is 0 Å². The Morgan fingerprint density at radius 3 is 2.48 bits per heavy atom. The standard InChI is InChI=1S/C20H25NO2/c1-5-19(18-10-9-15(3)11-16(18)4)21-20(22)13-23-17-8-6-7-14(2)12-17/h6-12,19H,5,13H2,1-4H3,(H,21,22)/t19-/m0/s1. The van der Waals surface area contributed by atoms with E-state index in [9.17, 15) is 4.79 Å². The molecule has 3 heteroatoms. The predicted molar refractivity (Wildman–Crippen MR) is 93.8 cm³/mol. The summed E-state index contributed by atoms with van der Waals surface area (Å²) in [4.78, 5) is 12.2. The first-order chi connectivity index (χ1) is 11.0. The van der Waals surface area contributed by atoms with Gasteiger partial charge in [0.25, 0.3) is 5.91 Å². The van der Waals surface area contributed by atoms with Crippen LogP contribution in [0.4, 0.5) is 0 Å². The average molecular weight is 311 g/mol. The van der Waals surface area contributed by atoms with Crippen molar-refractivity contribution < 1.29 is 9.53 Å². The Morgan fingerprint density at radius 2 is 1.83 bits per heavy atom.